The zero-order valence-electron chi connectivity index (χ0n) is 11.1. The van der Waals surface area contributed by atoms with E-state index in [0.29, 0.717) is 6.04 Å². The number of hydrogen-bond donors (Lipinski definition) is 1. The number of likely N-dealkylation sites (tertiary alicyclic amines) is 1. The molecule has 5 heteroatoms. The molecule has 1 aromatic rings. The molecule has 0 bridgehead atoms. The fourth-order valence-corrected chi connectivity index (χ4v) is 2.40. The second kappa shape index (κ2) is 5.54. The third kappa shape index (κ3) is 3.02. The van der Waals surface area contributed by atoms with Crippen LogP contribution >= 0.6 is 0 Å². The smallest absolute Gasteiger partial charge is 0.150 e. The van der Waals surface area contributed by atoms with E-state index in [1.54, 1.807) is 6.07 Å². The van der Waals surface area contributed by atoms with E-state index >= 15 is 0 Å². The highest BCUT2D eigenvalue weighted by Crippen LogP contribution is 2.25. The minimum Gasteiger partial charge on any atom is -0.377 e. The van der Waals surface area contributed by atoms with E-state index in [4.69, 9.17) is 5.26 Å². The molecule has 1 saturated heterocycles. The zero-order chi connectivity index (χ0) is 14.0. The van der Waals surface area contributed by atoms with Crippen molar-refractivity contribution in [2.45, 2.75) is 31.8 Å². The maximum Gasteiger partial charge on any atom is 0.150 e. The lowest BCUT2D eigenvalue weighted by Crippen LogP contribution is -2.42. The SMILES string of the molecule is CC1CC(Nc2c(F)cc(C#N)cc2F)CCN1C. The summed E-state index contributed by atoms with van der Waals surface area (Å²) in [5.74, 6) is -1.41. The first-order chi connectivity index (χ1) is 9.01. The summed E-state index contributed by atoms with van der Waals surface area (Å²) in [6, 6.07) is 4.30. The molecule has 2 unspecified atom stereocenters. The molecule has 102 valence electrons. The molecule has 1 aliphatic heterocycles. The Balaban J connectivity index is 2.14. The second-order valence-electron chi connectivity index (χ2n) is 5.12. The minimum atomic E-state index is -0.705. The van der Waals surface area contributed by atoms with Crippen LogP contribution in [0.15, 0.2) is 12.1 Å². The number of hydrogen-bond acceptors (Lipinski definition) is 3. The van der Waals surface area contributed by atoms with E-state index < -0.39 is 11.6 Å². The van der Waals surface area contributed by atoms with Crippen LogP contribution in [0.4, 0.5) is 14.5 Å². The summed E-state index contributed by atoms with van der Waals surface area (Å²) in [6.45, 7) is 3.00. The molecule has 0 radical (unpaired) electrons. The van der Waals surface area contributed by atoms with Crippen LogP contribution in [0.1, 0.15) is 25.3 Å². The van der Waals surface area contributed by atoms with Gasteiger partial charge in [-0.25, -0.2) is 8.78 Å². The number of nitrogens with zero attached hydrogens (tertiary/aromatic N) is 2. The standard InChI is InChI=1S/C14H17F2N3/c1-9-5-11(3-4-19(9)2)18-14-12(15)6-10(8-17)7-13(14)16/h6-7,9,11,18H,3-5H2,1-2H3. The molecule has 0 aromatic heterocycles. The highest BCUT2D eigenvalue weighted by molar-refractivity contribution is 5.51. The van der Waals surface area contributed by atoms with Crippen molar-refractivity contribution in [1.29, 1.82) is 5.26 Å². The molecule has 1 heterocycles. The Kier molecular flexibility index (Phi) is 4.01. The van der Waals surface area contributed by atoms with Crippen LogP contribution in [-0.2, 0) is 0 Å². The van der Waals surface area contributed by atoms with Gasteiger partial charge in [0.1, 0.15) is 5.69 Å². The Bertz CT molecular complexity index is 487. The molecule has 1 aromatic carbocycles. The van der Waals surface area contributed by atoms with E-state index in [1.807, 2.05) is 7.05 Å². The number of rotatable bonds is 2. The number of piperidine rings is 1. The quantitative estimate of drug-likeness (QED) is 0.893. The molecular formula is C14H17F2N3. The topological polar surface area (TPSA) is 39.1 Å². The number of benzene rings is 1. The van der Waals surface area contributed by atoms with Gasteiger partial charge in [-0.3, -0.25) is 0 Å². The summed E-state index contributed by atoms with van der Waals surface area (Å²) < 4.78 is 27.5. The third-order valence-corrected chi connectivity index (χ3v) is 3.73. The van der Waals surface area contributed by atoms with Crippen molar-refractivity contribution in [3.63, 3.8) is 0 Å². The first-order valence-electron chi connectivity index (χ1n) is 6.37. The Hall–Kier alpha value is -1.67. The maximum atomic E-state index is 13.8. The molecule has 2 atom stereocenters. The lowest BCUT2D eigenvalue weighted by Gasteiger charge is -2.35. The van der Waals surface area contributed by atoms with Gasteiger partial charge in [0.15, 0.2) is 11.6 Å². The molecule has 0 aliphatic carbocycles. The van der Waals surface area contributed by atoms with Gasteiger partial charge in [-0.05, 0) is 38.9 Å². The molecule has 0 spiro atoms. The first-order valence-corrected chi connectivity index (χ1v) is 6.37. The number of anilines is 1. The molecule has 3 nitrogen and oxygen atoms in total. The third-order valence-electron chi connectivity index (χ3n) is 3.73. The largest absolute Gasteiger partial charge is 0.377 e. The van der Waals surface area contributed by atoms with Crippen LogP contribution in [0.2, 0.25) is 0 Å². The summed E-state index contributed by atoms with van der Waals surface area (Å²) in [5, 5.41) is 11.6. The number of nitrogens with one attached hydrogen (secondary N) is 1. The Morgan fingerprint density at radius 3 is 2.53 bits per heavy atom. The highest BCUT2D eigenvalue weighted by atomic mass is 19.1. The molecular weight excluding hydrogens is 248 g/mol. The average Bonchev–Trinajstić information content (AvgIpc) is 2.37. The van der Waals surface area contributed by atoms with E-state index in [0.717, 1.165) is 31.5 Å². The maximum absolute atomic E-state index is 13.8. The predicted octanol–water partition coefficient (Wildman–Crippen LogP) is 2.73. The van der Waals surface area contributed by atoms with Crippen molar-refractivity contribution in [3.05, 3.63) is 29.3 Å². The summed E-state index contributed by atoms with van der Waals surface area (Å²) in [4.78, 5) is 2.23. The summed E-state index contributed by atoms with van der Waals surface area (Å²) in [6.07, 6.45) is 1.69. The molecule has 0 amide bonds. The first kappa shape index (κ1) is 13.8. The van der Waals surface area contributed by atoms with Crippen LogP contribution in [0.5, 0.6) is 0 Å². The Morgan fingerprint density at radius 1 is 1.37 bits per heavy atom. The predicted molar refractivity (Wildman–Crippen MR) is 69.8 cm³/mol. The van der Waals surface area contributed by atoms with Crippen molar-refractivity contribution in [2.75, 3.05) is 18.9 Å². The van der Waals surface area contributed by atoms with Crippen molar-refractivity contribution in [2.24, 2.45) is 0 Å². The Labute approximate surface area is 111 Å². The van der Waals surface area contributed by atoms with Gasteiger partial charge in [0, 0.05) is 18.6 Å². The average molecular weight is 265 g/mol. The van der Waals surface area contributed by atoms with Crippen LogP contribution in [-0.4, -0.2) is 30.6 Å². The summed E-state index contributed by atoms with van der Waals surface area (Å²) in [7, 11) is 2.05. The summed E-state index contributed by atoms with van der Waals surface area (Å²) in [5.41, 5.74) is -0.127. The molecule has 0 saturated carbocycles. The van der Waals surface area contributed by atoms with Crippen molar-refractivity contribution >= 4 is 5.69 Å². The van der Waals surface area contributed by atoms with Crippen molar-refractivity contribution in [3.8, 4) is 6.07 Å². The monoisotopic (exact) mass is 265 g/mol. The van der Waals surface area contributed by atoms with Gasteiger partial charge in [-0.1, -0.05) is 0 Å². The fraction of sp³-hybridized carbons (Fsp3) is 0.500. The van der Waals surface area contributed by atoms with Gasteiger partial charge in [-0.2, -0.15) is 5.26 Å². The molecule has 1 N–H and O–H groups in total. The van der Waals surface area contributed by atoms with Gasteiger partial charge in [-0.15, -0.1) is 0 Å². The van der Waals surface area contributed by atoms with Crippen molar-refractivity contribution < 1.29 is 8.78 Å². The highest BCUT2D eigenvalue weighted by Gasteiger charge is 2.24. The van der Waals surface area contributed by atoms with E-state index in [-0.39, 0.29) is 17.3 Å². The lowest BCUT2D eigenvalue weighted by atomic mass is 9.98. The Morgan fingerprint density at radius 2 is 2.00 bits per heavy atom. The van der Waals surface area contributed by atoms with E-state index in [9.17, 15) is 8.78 Å². The van der Waals surface area contributed by atoms with Crippen LogP contribution < -0.4 is 5.32 Å². The van der Waals surface area contributed by atoms with Gasteiger partial charge in [0.2, 0.25) is 0 Å². The number of halogens is 2. The molecule has 1 aliphatic rings. The van der Waals surface area contributed by atoms with Gasteiger partial charge < -0.3 is 10.2 Å². The van der Waals surface area contributed by atoms with Gasteiger partial charge >= 0.3 is 0 Å². The van der Waals surface area contributed by atoms with Gasteiger partial charge in [0.05, 0.1) is 11.6 Å². The van der Waals surface area contributed by atoms with Crippen LogP contribution in [0.25, 0.3) is 0 Å². The summed E-state index contributed by atoms with van der Waals surface area (Å²) >= 11 is 0. The van der Waals surface area contributed by atoms with Crippen molar-refractivity contribution in [1.82, 2.24) is 4.90 Å². The van der Waals surface area contributed by atoms with Gasteiger partial charge in [0.25, 0.3) is 0 Å². The lowest BCUT2D eigenvalue weighted by molar-refractivity contribution is 0.190. The van der Waals surface area contributed by atoms with E-state index in [2.05, 4.69) is 17.1 Å². The van der Waals surface area contributed by atoms with Crippen LogP contribution in [0, 0.1) is 23.0 Å². The molecule has 1 fully saturated rings. The zero-order valence-corrected chi connectivity index (χ0v) is 11.1. The normalized spacial score (nSPS) is 23.9. The molecule has 2 rings (SSSR count). The minimum absolute atomic E-state index is 0.00250. The second-order valence-corrected chi connectivity index (χ2v) is 5.12. The molecule has 19 heavy (non-hydrogen) atoms. The number of nitriles is 1. The van der Waals surface area contributed by atoms with E-state index in [1.165, 1.54) is 0 Å². The van der Waals surface area contributed by atoms with Crippen LogP contribution in [0.3, 0.4) is 0 Å². The fourth-order valence-electron chi connectivity index (χ4n) is 2.40.